The molecule has 0 radical (unpaired) electrons. The fraction of sp³-hybridized carbons (Fsp3) is 0.536. The fourth-order valence-corrected chi connectivity index (χ4v) is 5.79. The second kappa shape index (κ2) is 12.7. The van der Waals surface area contributed by atoms with E-state index in [4.69, 9.17) is 14.2 Å². The number of benzene rings is 1. The Morgan fingerprint density at radius 3 is 2.61 bits per heavy atom. The molecule has 1 fully saturated rings. The maximum Gasteiger partial charge on any atom is 0.290 e. The normalized spacial score (nSPS) is 18.4. The first kappa shape index (κ1) is 28.1. The van der Waals surface area contributed by atoms with E-state index in [9.17, 15) is 14.7 Å². The summed E-state index contributed by atoms with van der Waals surface area (Å²) in [5, 5.41) is 11.8. The Morgan fingerprint density at radius 2 is 1.95 bits per heavy atom. The van der Waals surface area contributed by atoms with Crippen molar-refractivity contribution in [1.82, 2.24) is 14.8 Å². The molecule has 1 saturated heterocycles. The molecule has 1 aromatic carbocycles. The molecule has 0 spiro atoms. The van der Waals surface area contributed by atoms with E-state index in [0.717, 1.165) is 37.5 Å². The summed E-state index contributed by atoms with van der Waals surface area (Å²) in [6.45, 7) is 10.6. The van der Waals surface area contributed by atoms with Crippen LogP contribution in [0.25, 0.3) is 0 Å². The van der Waals surface area contributed by atoms with Crippen LogP contribution in [-0.4, -0.2) is 84.7 Å². The topological polar surface area (TPSA) is 101 Å². The summed E-state index contributed by atoms with van der Waals surface area (Å²) in [7, 11) is 1.56. The van der Waals surface area contributed by atoms with Crippen molar-refractivity contribution in [2.45, 2.75) is 46.1 Å². The number of aliphatic hydroxyl groups excluding tert-OH is 1. The summed E-state index contributed by atoms with van der Waals surface area (Å²) in [5.41, 5.74) is 1.34. The van der Waals surface area contributed by atoms with Gasteiger partial charge in [-0.15, -0.1) is 11.3 Å². The Morgan fingerprint density at radius 1 is 1.18 bits per heavy atom. The van der Waals surface area contributed by atoms with Gasteiger partial charge in [0.25, 0.3) is 5.91 Å². The molecule has 206 valence electrons. The second-order valence-corrected chi connectivity index (χ2v) is 10.8. The van der Waals surface area contributed by atoms with Crippen LogP contribution in [0.3, 0.4) is 0 Å². The summed E-state index contributed by atoms with van der Waals surface area (Å²) >= 11 is 1.27. The monoisotopic (exact) mass is 543 g/mol. The van der Waals surface area contributed by atoms with Gasteiger partial charge in [0.05, 0.1) is 54.1 Å². The summed E-state index contributed by atoms with van der Waals surface area (Å²) in [6, 6.07) is 4.69. The van der Waals surface area contributed by atoms with Crippen LogP contribution in [0, 0.1) is 13.8 Å². The van der Waals surface area contributed by atoms with Gasteiger partial charge in [-0.05, 0) is 44.4 Å². The second-order valence-electron chi connectivity index (χ2n) is 9.56. The van der Waals surface area contributed by atoms with Gasteiger partial charge in [-0.2, -0.15) is 0 Å². The van der Waals surface area contributed by atoms with E-state index in [-0.39, 0.29) is 11.4 Å². The number of thiazole rings is 1. The molecule has 9 nitrogen and oxygen atoms in total. The lowest BCUT2D eigenvalue weighted by Gasteiger charge is -2.30. The van der Waals surface area contributed by atoms with E-state index in [1.165, 1.54) is 11.3 Å². The molecule has 2 aromatic rings. The van der Waals surface area contributed by atoms with Gasteiger partial charge in [0.1, 0.15) is 0 Å². The van der Waals surface area contributed by atoms with Crippen molar-refractivity contribution in [2.75, 3.05) is 53.1 Å². The van der Waals surface area contributed by atoms with Crippen LogP contribution in [0.15, 0.2) is 29.5 Å². The number of ketones is 1. The summed E-state index contributed by atoms with van der Waals surface area (Å²) in [5.74, 6) is -0.299. The number of methoxy groups -OCH3 is 1. The highest BCUT2D eigenvalue weighted by molar-refractivity contribution is 7.14. The number of hydrogen-bond acceptors (Lipinski definition) is 9. The molecule has 4 rings (SSSR count). The van der Waals surface area contributed by atoms with Crippen molar-refractivity contribution >= 4 is 23.0 Å². The smallest absolute Gasteiger partial charge is 0.290 e. The zero-order valence-corrected chi connectivity index (χ0v) is 23.4. The fourth-order valence-electron chi connectivity index (χ4n) is 4.92. The van der Waals surface area contributed by atoms with Gasteiger partial charge in [0, 0.05) is 26.2 Å². The van der Waals surface area contributed by atoms with Crippen LogP contribution in [0.2, 0.25) is 0 Å². The van der Waals surface area contributed by atoms with Crippen molar-refractivity contribution in [1.29, 1.82) is 0 Å². The highest BCUT2D eigenvalue weighted by atomic mass is 32.1. The Kier molecular flexibility index (Phi) is 9.40. The molecule has 1 aromatic heterocycles. The number of amides is 1. The standard InChI is InChI=1S/C28H37N3O6S/c1-5-6-14-37-21-9-8-20(17-22(21)35-4)24-23(25(32)27-18(2)29-19(3)38-27)26(33)28(34)31(24)11-7-10-30-12-15-36-16-13-30/h8-9,17,24,33H,5-7,10-16H2,1-4H3. The number of nitrogens with zero attached hydrogens (tertiary/aromatic N) is 3. The van der Waals surface area contributed by atoms with E-state index >= 15 is 0 Å². The Balaban J connectivity index is 1.66. The van der Waals surface area contributed by atoms with Crippen LogP contribution in [0.5, 0.6) is 11.5 Å². The maximum atomic E-state index is 13.8. The third-order valence-corrected chi connectivity index (χ3v) is 7.97. The van der Waals surface area contributed by atoms with E-state index in [2.05, 4.69) is 16.8 Å². The number of Topliss-reactive ketones (excluding diaryl/α,β-unsaturated/α-hetero) is 1. The zero-order valence-electron chi connectivity index (χ0n) is 22.6. The van der Waals surface area contributed by atoms with Crippen LogP contribution in [-0.2, 0) is 9.53 Å². The quantitative estimate of drug-likeness (QED) is 0.313. The lowest BCUT2D eigenvalue weighted by Crippen LogP contribution is -2.39. The van der Waals surface area contributed by atoms with Crippen LogP contribution in [0.1, 0.15) is 58.2 Å². The number of carbonyl (C=O) groups is 2. The molecule has 0 aliphatic carbocycles. The van der Waals surface area contributed by atoms with Crippen LogP contribution < -0.4 is 9.47 Å². The summed E-state index contributed by atoms with van der Waals surface area (Å²) in [4.78, 5) is 35.9. The van der Waals surface area contributed by atoms with Crippen molar-refractivity contribution in [3.8, 4) is 11.5 Å². The molecule has 10 heteroatoms. The molecule has 1 unspecified atom stereocenters. The number of unbranched alkanes of at least 4 members (excludes halogenated alkanes) is 1. The molecule has 3 heterocycles. The molecular weight excluding hydrogens is 506 g/mol. The molecule has 2 aliphatic rings. The van der Waals surface area contributed by atoms with Crippen LogP contribution in [0.4, 0.5) is 0 Å². The molecule has 2 aliphatic heterocycles. The third-order valence-electron chi connectivity index (χ3n) is 6.89. The highest BCUT2D eigenvalue weighted by Gasteiger charge is 2.44. The highest BCUT2D eigenvalue weighted by Crippen LogP contribution is 2.42. The number of aliphatic hydroxyl groups is 1. The lowest BCUT2D eigenvalue weighted by atomic mass is 9.94. The van der Waals surface area contributed by atoms with E-state index < -0.39 is 17.7 Å². The Hall–Kier alpha value is -2.95. The van der Waals surface area contributed by atoms with Crippen molar-refractivity contribution in [2.24, 2.45) is 0 Å². The average Bonchev–Trinajstić information content (AvgIpc) is 3.39. The van der Waals surface area contributed by atoms with Crippen LogP contribution >= 0.6 is 11.3 Å². The minimum absolute atomic E-state index is 0.0785. The maximum absolute atomic E-state index is 13.8. The molecule has 1 atom stereocenters. The van der Waals surface area contributed by atoms with E-state index in [0.29, 0.717) is 60.4 Å². The number of ether oxygens (including phenoxy) is 3. The van der Waals surface area contributed by atoms with Crippen molar-refractivity contribution in [3.63, 3.8) is 0 Å². The SMILES string of the molecule is CCCCOc1ccc(C2C(C(=O)c3sc(C)nc3C)=C(O)C(=O)N2CCCN2CCOCC2)cc1OC. The molecule has 1 N–H and O–H groups in total. The first-order valence-electron chi connectivity index (χ1n) is 13.2. The molecule has 38 heavy (non-hydrogen) atoms. The number of hydrogen-bond donors (Lipinski definition) is 1. The van der Waals surface area contributed by atoms with Gasteiger partial charge in [-0.25, -0.2) is 4.98 Å². The van der Waals surface area contributed by atoms with Gasteiger partial charge in [0.15, 0.2) is 17.3 Å². The predicted octanol–water partition coefficient (Wildman–Crippen LogP) is 4.25. The van der Waals surface area contributed by atoms with E-state index in [1.54, 1.807) is 31.1 Å². The minimum Gasteiger partial charge on any atom is -0.503 e. The summed E-state index contributed by atoms with van der Waals surface area (Å²) < 4.78 is 16.9. The van der Waals surface area contributed by atoms with Gasteiger partial charge in [0.2, 0.25) is 5.78 Å². The number of aryl methyl sites for hydroxylation is 2. The first-order valence-corrected chi connectivity index (χ1v) is 14.0. The van der Waals surface area contributed by atoms with E-state index in [1.807, 2.05) is 13.0 Å². The molecule has 0 bridgehead atoms. The Labute approximate surface area is 228 Å². The van der Waals surface area contributed by atoms with Gasteiger partial charge < -0.3 is 24.2 Å². The lowest BCUT2D eigenvalue weighted by molar-refractivity contribution is -0.129. The van der Waals surface area contributed by atoms with Crippen molar-refractivity contribution < 1.29 is 28.9 Å². The van der Waals surface area contributed by atoms with Gasteiger partial charge in [-0.1, -0.05) is 19.4 Å². The number of carbonyl (C=O) groups excluding carboxylic acids is 2. The number of rotatable bonds is 12. The number of aromatic nitrogens is 1. The molecular formula is C28H37N3O6S. The average molecular weight is 544 g/mol. The minimum atomic E-state index is -0.750. The Bertz CT molecular complexity index is 1190. The largest absolute Gasteiger partial charge is 0.503 e. The van der Waals surface area contributed by atoms with Gasteiger partial charge in [-0.3, -0.25) is 14.5 Å². The number of morpholine rings is 1. The first-order chi connectivity index (χ1) is 18.3. The molecule has 1 amide bonds. The third kappa shape index (κ3) is 6.03. The molecule has 0 saturated carbocycles. The zero-order chi connectivity index (χ0) is 27.2. The predicted molar refractivity (Wildman–Crippen MR) is 145 cm³/mol. The van der Waals surface area contributed by atoms with Gasteiger partial charge >= 0.3 is 0 Å². The van der Waals surface area contributed by atoms with Crippen molar-refractivity contribution in [3.05, 3.63) is 50.7 Å². The summed E-state index contributed by atoms with van der Waals surface area (Å²) in [6.07, 6.45) is 2.63.